The number of hydrogen-bond donors (Lipinski definition) is 2. The van der Waals surface area contributed by atoms with Crippen molar-refractivity contribution < 1.29 is 19.1 Å². The van der Waals surface area contributed by atoms with Crippen LogP contribution in [-0.4, -0.2) is 57.6 Å². The number of thiazole rings is 1. The third-order valence-corrected chi connectivity index (χ3v) is 7.79. The number of hydrogen-bond acceptors (Lipinski definition) is 8. The van der Waals surface area contributed by atoms with E-state index in [9.17, 15) is 19.6 Å². The molecule has 1 fully saturated rings. The van der Waals surface area contributed by atoms with Crippen molar-refractivity contribution in [1.29, 1.82) is 5.26 Å². The van der Waals surface area contributed by atoms with E-state index in [-0.39, 0.29) is 11.5 Å². The highest BCUT2D eigenvalue weighted by molar-refractivity contribution is 7.15. The maximum absolute atomic E-state index is 13.5. The van der Waals surface area contributed by atoms with Crippen LogP contribution in [0.5, 0.6) is 5.75 Å². The number of carbonyl (C=O) groups is 3. The van der Waals surface area contributed by atoms with Crippen molar-refractivity contribution in [3.8, 4) is 22.5 Å². The van der Waals surface area contributed by atoms with Crippen molar-refractivity contribution in [2.24, 2.45) is 0 Å². The molecule has 0 unspecified atom stereocenters. The van der Waals surface area contributed by atoms with Gasteiger partial charge in [-0.2, -0.15) is 5.26 Å². The van der Waals surface area contributed by atoms with Crippen molar-refractivity contribution in [3.63, 3.8) is 0 Å². The summed E-state index contributed by atoms with van der Waals surface area (Å²) in [5.74, 6) is -1.04. The fraction of sp³-hybridized carbons (Fsp3) is 0.241. The summed E-state index contributed by atoms with van der Waals surface area (Å²) in [4.78, 5) is 52.5. The Labute approximate surface area is 234 Å². The molecule has 5 rings (SSSR count). The molecule has 10 nitrogen and oxygen atoms in total. The maximum atomic E-state index is 13.5. The second-order valence-electron chi connectivity index (χ2n) is 9.25. The molecule has 2 amide bonds. The zero-order valence-corrected chi connectivity index (χ0v) is 22.8. The van der Waals surface area contributed by atoms with Crippen LogP contribution in [0, 0.1) is 11.3 Å². The summed E-state index contributed by atoms with van der Waals surface area (Å²) in [5, 5.41) is 13.5. The molecule has 0 radical (unpaired) electrons. The summed E-state index contributed by atoms with van der Waals surface area (Å²) in [5.41, 5.74) is 3.70. The zero-order valence-electron chi connectivity index (χ0n) is 22.0. The smallest absolute Gasteiger partial charge is 0.295 e. The first kappa shape index (κ1) is 26.8. The van der Waals surface area contributed by atoms with Gasteiger partial charge in [0.15, 0.2) is 0 Å². The largest absolute Gasteiger partial charge is 0.494 e. The quantitative estimate of drug-likeness (QED) is 0.199. The molecule has 0 atom stereocenters. The number of Topliss-reactive ketones (excluding diaryl/α,β-unsaturated/α-hetero) is 1. The summed E-state index contributed by atoms with van der Waals surface area (Å²) in [6, 6.07) is 11.8. The van der Waals surface area contributed by atoms with E-state index in [0.29, 0.717) is 65.4 Å². The van der Waals surface area contributed by atoms with Crippen LogP contribution in [0.3, 0.4) is 0 Å². The van der Waals surface area contributed by atoms with E-state index in [4.69, 9.17) is 4.74 Å². The van der Waals surface area contributed by atoms with Gasteiger partial charge in [0.2, 0.25) is 5.91 Å². The van der Waals surface area contributed by atoms with Crippen LogP contribution in [0.25, 0.3) is 27.2 Å². The Kier molecular flexibility index (Phi) is 7.70. The summed E-state index contributed by atoms with van der Waals surface area (Å²) in [6.07, 6.45) is 5.72. The molecule has 3 aromatic heterocycles. The Bertz CT molecular complexity index is 1670. The van der Waals surface area contributed by atoms with Gasteiger partial charge in [-0.1, -0.05) is 30.3 Å². The number of nitrogens with zero attached hydrogens (tertiary/aromatic N) is 4. The molecule has 1 saturated heterocycles. The highest BCUT2D eigenvalue weighted by atomic mass is 32.1. The van der Waals surface area contributed by atoms with Crippen molar-refractivity contribution in [3.05, 3.63) is 70.5 Å². The van der Waals surface area contributed by atoms with Gasteiger partial charge in [0.25, 0.3) is 11.7 Å². The number of amides is 2. The fourth-order valence-electron chi connectivity index (χ4n) is 4.77. The SMILES string of the molecule is COc1cnc(-c2ncc(CNC(C)=O)s2)c2[nH]cc(C(=O)C(=O)N3CCC(=C(C#N)c4ccccc4)CC3)c12. The van der Waals surface area contributed by atoms with Crippen molar-refractivity contribution >= 4 is 45.4 Å². The Balaban J connectivity index is 1.39. The Morgan fingerprint density at radius 1 is 1.15 bits per heavy atom. The molecular formula is C29H26N6O4S. The van der Waals surface area contributed by atoms with Gasteiger partial charge in [-0.3, -0.25) is 14.4 Å². The minimum atomic E-state index is -0.650. The van der Waals surface area contributed by atoms with Crippen LogP contribution in [0.4, 0.5) is 0 Å². The number of fused-ring (bicyclic) bond motifs is 1. The summed E-state index contributed by atoms with van der Waals surface area (Å²) in [6.45, 7) is 2.49. The molecule has 0 spiro atoms. The van der Waals surface area contributed by atoms with Gasteiger partial charge in [0.1, 0.15) is 16.5 Å². The lowest BCUT2D eigenvalue weighted by molar-refractivity contribution is -0.126. The van der Waals surface area contributed by atoms with Crippen LogP contribution in [0.2, 0.25) is 0 Å². The van der Waals surface area contributed by atoms with Crippen LogP contribution < -0.4 is 10.1 Å². The number of methoxy groups -OCH3 is 1. The normalized spacial score (nSPS) is 13.1. The van der Waals surface area contributed by atoms with Crippen LogP contribution >= 0.6 is 11.3 Å². The molecule has 0 aliphatic carbocycles. The molecule has 11 heteroatoms. The van der Waals surface area contributed by atoms with E-state index in [1.54, 1.807) is 6.20 Å². The molecular weight excluding hydrogens is 528 g/mol. The average Bonchev–Trinajstić information content (AvgIpc) is 3.64. The number of carbonyl (C=O) groups excluding carboxylic acids is 3. The lowest BCUT2D eigenvalue weighted by atomic mass is 9.93. The predicted octanol–water partition coefficient (Wildman–Crippen LogP) is 4.11. The highest BCUT2D eigenvalue weighted by Crippen LogP contribution is 2.36. The van der Waals surface area contributed by atoms with Gasteiger partial charge >= 0.3 is 0 Å². The summed E-state index contributed by atoms with van der Waals surface area (Å²) in [7, 11) is 1.48. The Morgan fingerprint density at radius 2 is 1.90 bits per heavy atom. The van der Waals surface area contributed by atoms with Crippen LogP contribution in [-0.2, 0) is 16.1 Å². The number of rotatable bonds is 7. The van der Waals surface area contributed by atoms with Gasteiger partial charge in [-0.25, -0.2) is 9.97 Å². The number of likely N-dealkylation sites (tertiary alicyclic amines) is 1. The molecule has 0 saturated carbocycles. The Morgan fingerprint density at radius 3 is 2.58 bits per heavy atom. The number of allylic oxidation sites excluding steroid dienone is 1. The third kappa shape index (κ3) is 5.21. The molecule has 40 heavy (non-hydrogen) atoms. The minimum Gasteiger partial charge on any atom is -0.494 e. The number of piperidine rings is 1. The standard InChI is InChI=1S/C29H26N6O4S/c1-17(36)31-13-20-14-34-28(40-20)26-25-24(23(39-2)16-33-26)22(15-32-25)27(37)29(38)35-10-8-19(9-11-35)21(12-30)18-6-4-3-5-7-18/h3-7,14-16,32H,8-11,13H2,1-2H3,(H,31,36). The zero-order chi connectivity index (χ0) is 28.2. The molecule has 0 bridgehead atoms. The predicted molar refractivity (Wildman–Crippen MR) is 150 cm³/mol. The van der Waals surface area contributed by atoms with Gasteiger partial charge in [-0.15, -0.1) is 11.3 Å². The van der Waals surface area contributed by atoms with Crippen molar-refractivity contribution in [2.75, 3.05) is 20.2 Å². The molecule has 1 aliphatic heterocycles. The number of nitrogens with one attached hydrogen (secondary N) is 2. The number of ketones is 1. The van der Waals surface area contributed by atoms with E-state index in [1.807, 2.05) is 30.3 Å². The summed E-state index contributed by atoms with van der Waals surface area (Å²) >= 11 is 1.37. The van der Waals surface area contributed by atoms with E-state index in [0.717, 1.165) is 16.0 Å². The first-order valence-electron chi connectivity index (χ1n) is 12.7. The number of ether oxygens (including phenoxy) is 1. The van der Waals surface area contributed by atoms with E-state index in [2.05, 4.69) is 26.3 Å². The number of aromatic amines is 1. The number of H-pyrrole nitrogens is 1. The molecule has 1 aliphatic rings. The number of pyridine rings is 1. The maximum Gasteiger partial charge on any atom is 0.295 e. The highest BCUT2D eigenvalue weighted by Gasteiger charge is 2.30. The molecule has 4 aromatic rings. The molecule has 202 valence electrons. The second kappa shape index (κ2) is 11.5. The van der Waals surface area contributed by atoms with Gasteiger partial charge in [0, 0.05) is 37.3 Å². The number of aromatic nitrogens is 3. The van der Waals surface area contributed by atoms with E-state index < -0.39 is 11.7 Å². The number of nitriles is 1. The summed E-state index contributed by atoms with van der Waals surface area (Å²) < 4.78 is 5.50. The second-order valence-corrected chi connectivity index (χ2v) is 10.4. The average molecular weight is 555 g/mol. The lowest BCUT2D eigenvalue weighted by Gasteiger charge is -2.28. The first-order valence-corrected chi connectivity index (χ1v) is 13.5. The molecule has 4 heterocycles. The third-order valence-electron chi connectivity index (χ3n) is 6.78. The topological polar surface area (TPSA) is 141 Å². The molecule has 1 aromatic carbocycles. The van der Waals surface area contributed by atoms with E-state index >= 15 is 0 Å². The van der Waals surface area contributed by atoms with Crippen molar-refractivity contribution in [2.45, 2.75) is 26.3 Å². The van der Waals surface area contributed by atoms with Gasteiger partial charge in [0.05, 0.1) is 48.0 Å². The molecule has 2 N–H and O–H groups in total. The van der Waals surface area contributed by atoms with Crippen LogP contribution in [0.1, 0.15) is 40.6 Å². The van der Waals surface area contributed by atoms with Crippen LogP contribution in [0.15, 0.2) is 54.5 Å². The van der Waals surface area contributed by atoms with Gasteiger partial charge < -0.3 is 19.9 Å². The lowest BCUT2D eigenvalue weighted by Crippen LogP contribution is -2.40. The number of benzene rings is 1. The first-order chi connectivity index (χ1) is 19.4. The fourth-order valence-corrected chi connectivity index (χ4v) is 5.62. The van der Waals surface area contributed by atoms with E-state index in [1.165, 1.54) is 42.7 Å². The monoisotopic (exact) mass is 554 g/mol. The van der Waals surface area contributed by atoms with Gasteiger partial charge in [-0.05, 0) is 24.0 Å². The van der Waals surface area contributed by atoms with Crippen molar-refractivity contribution in [1.82, 2.24) is 25.2 Å². The Hall–Kier alpha value is -4.82. The minimum absolute atomic E-state index is 0.139.